The highest BCUT2D eigenvalue weighted by molar-refractivity contribution is 5.66. The molecule has 1 fully saturated rings. The molecule has 0 bridgehead atoms. The minimum absolute atomic E-state index is 0.182. The van der Waals surface area contributed by atoms with Crippen molar-refractivity contribution in [2.24, 2.45) is 0 Å². The average Bonchev–Trinajstić information content (AvgIpc) is 2.37. The molecule has 0 radical (unpaired) electrons. The normalized spacial score (nSPS) is 18.9. The standard InChI is InChI=1S/C12H15N3O5/c1-8-7-13(4-5-14(8)12(17)18)9-2-3-10(15(19)20)11(16)6-9/h2-3,6,8,16H,4-5,7H2,1H3,(H,17,18)/t8-/m0/s1. The van der Waals surface area contributed by atoms with Gasteiger partial charge in [-0.15, -0.1) is 0 Å². The van der Waals surface area contributed by atoms with Gasteiger partial charge in [-0.1, -0.05) is 0 Å². The predicted octanol–water partition coefficient (Wildman–Crippen LogP) is 1.49. The van der Waals surface area contributed by atoms with Crippen molar-refractivity contribution < 1.29 is 19.9 Å². The summed E-state index contributed by atoms with van der Waals surface area (Å²) in [7, 11) is 0. The Balaban J connectivity index is 2.16. The van der Waals surface area contributed by atoms with E-state index in [1.54, 1.807) is 13.0 Å². The first-order valence-electron chi connectivity index (χ1n) is 6.12. The second kappa shape index (κ2) is 5.24. The zero-order valence-electron chi connectivity index (χ0n) is 10.9. The fourth-order valence-corrected chi connectivity index (χ4v) is 2.34. The quantitative estimate of drug-likeness (QED) is 0.628. The molecule has 1 saturated heterocycles. The van der Waals surface area contributed by atoms with Crippen LogP contribution in [0.1, 0.15) is 6.92 Å². The van der Waals surface area contributed by atoms with Crippen molar-refractivity contribution in [3.63, 3.8) is 0 Å². The van der Waals surface area contributed by atoms with E-state index in [0.717, 1.165) is 0 Å². The second-order valence-corrected chi connectivity index (χ2v) is 4.70. The van der Waals surface area contributed by atoms with Crippen molar-refractivity contribution in [2.45, 2.75) is 13.0 Å². The fraction of sp³-hybridized carbons (Fsp3) is 0.417. The Bertz CT molecular complexity index is 548. The van der Waals surface area contributed by atoms with Crippen LogP contribution in [0.4, 0.5) is 16.2 Å². The first-order chi connectivity index (χ1) is 9.40. The van der Waals surface area contributed by atoms with E-state index < -0.39 is 11.0 Å². The van der Waals surface area contributed by atoms with Crippen LogP contribution in [-0.4, -0.2) is 51.8 Å². The maximum absolute atomic E-state index is 11.0. The number of aromatic hydroxyl groups is 1. The summed E-state index contributed by atoms with van der Waals surface area (Å²) in [5.41, 5.74) is 0.302. The molecular weight excluding hydrogens is 266 g/mol. The van der Waals surface area contributed by atoms with Crippen molar-refractivity contribution in [3.05, 3.63) is 28.3 Å². The molecule has 20 heavy (non-hydrogen) atoms. The maximum atomic E-state index is 11.0. The van der Waals surface area contributed by atoms with Crippen LogP contribution in [0.2, 0.25) is 0 Å². The van der Waals surface area contributed by atoms with Crippen molar-refractivity contribution in [1.82, 2.24) is 4.90 Å². The number of rotatable bonds is 2. The first kappa shape index (κ1) is 13.9. The monoisotopic (exact) mass is 281 g/mol. The number of carbonyl (C=O) groups is 1. The molecule has 0 aliphatic carbocycles. The van der Waals surface area contributed by atoms with Crippen LogP contribution in [0.3, 0.4) is 0 Å². The zero-order valence-corrected chi connectivity index (χ0v) is 10.9. The van der Waals surface area contributed by atoms with Gasteiger partial charge in [-0.25, -0.2) is 4.79 Å². The first-order valence-corrected chi connectivity index (χ1v) is 6.12. The van der Waals surface area contributed by atoms with Crippen LogP contribution in [-0.2, 0) is 0 Å². The topological polar surface area (TPSA) is 107 Å². The van der Waals surface area contributed by atoms with Gasteiger partial charge in [0.25, 0.3) is 0 Å². The number of piperazine rings is 1. The minimum Gasteiger partial charge on any atom is -0.502 e. The molecular formula is C12H15N3O5. The summed E-state index contributed by atoms with van der Waals surface area (Å²) < 4.78 is 0. The smallest absolute Gasteiger partial charge is 0.407 e. The Morgan fingerprint density at radius 3 is 2.65 bits per heavy atom. The molecule has 0 unspecified atom stereocenters. The van der Waals surface area contributed by atoms with E-state index in [4.69, 9.17) is 5.11 Å². The molecule has 1 aromatic rings. The van der Waals surface area contributed by atoms with E-state index in [2.05, 4.69) is 0 Å². The number of benzene rings is 1. The molecule has 8 heteroatoms. The lowest BCUT2D eigenvalue weighted by Gasteiger charge is -2.39. The molecule has 0 aromatic heterocycles. The largest absolute Gasteiger partial charge is 0.502 e. The average molecular weight is 281 g/mol. The van der Waals surface area contributed by atoms with Crippen LogP contribution >= 0.6 is 0 Å². The van der Waals surface area contributed by atoms with Crippen molar-refractivity contribution in [1.29, 1.82) is 0 Å². The van der Waals surface area contributed by atoms with Crippen LogP contribution in [0.5, 0.6) is 5.75 Å². The third kappa shape index (κ3) is 2.58. The maximum Gasteiger partial charge on any atom is 0.407 e. The fourth-order valence-electron chi connectivity index (χ4n) is 2.34. The molecule has 0 spiro atoms. The number of phenols is 1. The minimum atomic E-state index is -0.955. The SMILES string of the molecule is C[C@H]1CN(c2ccc([N+](=O)[O-])c(O)c2)CCN1C(=O)O. The summed E-state index contributed by atoms with van der Waals surface area (Å²) in [6.07, 6.45) is -0.955. The van der Waals surface area contributed by atoms with Crippen LogP contribution in [0, 0.1) is 10.1 Å². The van der Waals surface area contributed by atoms with Gasteiger partial charge in [-0.05, 0) is 13.0 Å². The highest BCUT2D eigenvalue weighted by Gasteiger charge is 2.27. The van der Waals surface area contributed by atoms with Gasteiger partial charge in [0.15, 0.2) is 5.75 Å². The van der Waals surface area contributed by atoms with E-state index in [1.807, 2.05) is 4.90 Å². The van der Waals surface area contributed by atoms with Gasteiger partial charge >= 0.3 is 11.8 Å². The Morgan fingerprint density at radius 1 is 1.45 bits per heavy atom. The molecule has 1 heterocycles. The van der Waals surface area contributed by atoms with Gasteiger partial charge in [0.2, 0.25) is 0 Å². The summed E-state index contributed by atoms with van der Waals surface area (Å²) >= 11 is 0. The molecule has 0 saturated carbocycles. The number of nitro benzene ring substituents is 1. The van der Waals surface area contributed by atoms with E-state index in [-0.39, 0.29) is 17.5 Å². The molecule has 1 amide bonds. The Labute approximate surface area is 115 Å². The summed E-state index contributed by atoms with van der Waals surface area (Å²) in [6.45, 7) is 3.11. The van der Waals surface area contributed by atoms with Gasteiger partial charge in [0.1, 0.15) is 0 Å². The number of amides is 1. The Kier molecular flexibility index (Phi) is 3.64. The van der Waals surface area contributed by atoms with Gasteiger partial charge in [-0.3, -0.25) is 10.1 Å². The van der Waals surface area contributed by atoms with Crippen molar-refractivity contribution >= 4 is 17.5 Å². The molecule has 8 nitrogen and oxygen atoms in total. The predicted molar refractivity (Wildman–Crippen MR) is 71.2 cm³/mol. The summed E-state index contributed by atoms with van der Waals surface area (Å²) in [6, 6.07) is 3.96. The molecule has 1 aliphatic rings. The Morgan fingerprint density at radius 2 is 2.15 bits per heavy atom. The van der Waals surface area contributed by atoms with Crippen LogP contribution in [0.15, 0.2) is 18.2 Å². The van der Waals surface area contributed by atoms with Gasteiger partial charge < -0.3 is 20.0 Å². The second-order valence-electron chi connectivity index (χ2n) is 4.70. The van der Waals surface area contributed by atoms with Crippen molar-refractivity contribution in [3.8, 4) is 5.75 Å². The zero-order chi connectivity index (χ0) is 14.9. The third-order valence-electron chi connectivity index (χ3n) is 3.39. The summed E-state index contributed by atoms with van der Waals surface area (Å²) in [5.74, 6) is -0.388. The van der Waals surface area contributed by atoms with Crippen LogP contribution < -0.4 is 4.90 Å². The number of phenolic OH excluding ortho intramolecular Hbond substituents is 1. The number of hydrogen-bond acceptors (Lipinski definition) is 5. The molecule has 1 aliphatic heterocycles. The lowest BCUT2D eigenvalue weighted by atomic mass is 10.1. The third-order valence-corrected chi connectivity index (χ3v) is 3.39. The van der Waals surface area contributed by atoms with Crippen LogP contribution in [0.25, 0.3) is 0 Å². The molecule has 2 rings (SSSR count). The van der Waals surface area contributed by atoms with E-state index in [1.165, 1.54) is 17.0 Å². The van der Waals surface area contributed by atoms with E-state index in [0.29, 0.717) is 25.3 Å². The van der Waals surface area contributed by atoms with Crippen molar-refractivity contribution in [2.75, 3.05) is 24.5 Å². The highest BCUT2D eigenvalue weighted by atomic mass is 16.6. The lowest BCUT2D eigenvalue weighted by molar-refractivity contribution is -0.385. The number of hydrogen-bond donors (Lipinski definition) is 2. The summed E-state index contributed by atoms with van der Waals surface area (Å²) in [5, 5.41) is 29.3. The number of anilines is 1. The van der Waals surface area contributed by atoms with Gasteiger partial charge in [0.05, 0.1) is 4.92 Å². The molecule has 1 aromatic carbocycles. The Hall–Kier alpha value is -2.51. The number of carboxylic acid groups (broad SMARTS) is 1. The summed E-state index contributed by atoms with van der Waals surface area (Å²) in [4.78, 5) is 24.2. The highest BCUT2D eigenvalue weighted by Crippen LogP contribution is 2.31. The number of nitrogens with zero attached hydrogens (tertiary/aromatic N) is 3. The number of nitro groups is 1. The van der Waals surface area contributed by atoms with E-state index >= 15 is 0 Å². The molecule has 1 atom stereocenters. The van der Waals surface area contributed by atoms with E-state index in [9.17, 15) is 20.0 Å². The van der Waals surface area contributed by atoms with Gasteiger partial charge in [-0.2, -0.15) is 0 Å². The molecule has 108 valence electrons. The molecule has 2 N–H and O–H groups in total. The van der Waals surface area contributed by atoms with Gasteiger partial charge in [0, 0.05) is 43.5 Å². The lowest BCUT2D eigenvalue weighted by Crippen LogP contribution is -2.53.